The maximum Gasteiger partial charge on any atom is 0.316 e. The van der Waals surface area contributed by atoms with Crippen molar-refractivity contribution in [2.24, 2.45) is 0 Å². The van der Waals surface area contributed by atoms with Gasteiger partial charge in [0.25, 0.3) is 5.09 Å². The Balaban J connectivity index is -0.000000332. The zero-order chi connectivity index (χ0) is 13.0. The van der Waals surface area contributed by atoms with E-state index < -0.39 is 37.3 Å². The first-order chi connectivity index (χ1) is 7.20. The molecule has 0 spiro atoms. The van der Waals surface area contributed by atoms with Gasteiger partial charge in [0, 0.05) is 0 Å². The van der Waals surface area contributed by atoms with Crippen molar-refractivity contribution < 1.29 is 15.8 Å². The van der Waals surface area contributed by atoms with Crippen molar-refractivity contribution >= 4 is 92.7 Å². The molecule has 1 fully saturated rings. The van der Waals surface area contributed by atoms with Crippen molar-refractivity contribution in [3.05, 3.63) is 10.1 Å². The number of rotatable bonds is 0. The molecule has 5 nitrogen and oxygen atoms in total. The molecule has 0 aromatic carbocycles. The predicted octanol–water partition coefficient (Wildman–Crippen LogP) is 1.56. The van der Waals surface area contributed by atoms with Crippen LogP contribution in [0.3, 0.4) is 0 Å². The second-order valence-corrected chi connectivity index (χ2v) is 5.93. The zero-order valence-electron chi connectivity index (χ0n) is 7.94. The van der Waals surface area contributed by atoms with Gasteiger partial charge in [0.15, 0.2) is 0 Å². The van der Waals surface area contributed by atoms with Crippen LogP contribution in [0.15, 0.2) is 0 Å². The summed E-state index contributed by atoms with van der Waals surface area (Å²) < 4.78 is 0. The average Bonchev–Trinajstić information content (AvgIpc) is 2.20. The van der Waals surface area contributed by atoms with Gasteiger partial charge in [-0.2, -0.15) is 0 Å². The van der Waals surface area contributed by atoms with E-state index in [1.807, 2.05) is 0 Å². The van der Waals surface area contributed by atoms with E-state index in [1.165, 1.54) is 0 Å². The van der Waals surface area contributed by atoms with Gasteiger partial charge in [0.2, 0.25) is 0 Å². The molecule has 3 N–H and O–H groups in total. The fraction of sp³-hybridized carbons (Fsp3) is 1.00. The molecule has 0 saturated heterocycles. The number of halogens is 6. The summed E-state index contributed by atoms with van der Waals surface area (Å²) in [7, 11) is 0. The van der Waals surface area contributed by atoms with E-state index in [0.717, 1.165) is 0 Å². The molecule has 0 aliphatic heterocycles. The molecule has 1 rings (SSSR count). The van der Waals surface area contributed by atoms with Gasteiger partial charge < -0.3 is 10.7 Å². The van der Waals surface area contributed by atoms with Crippen molar-refractivity contribution in [2.75, 3.05) is 0 Å². The smallest absolute Gasteiger partial charge is 0.316 e. The van der Waals surface area contributed by atoms with Gasteiger partial charge in [-0.3, -0.25) is 0 Å². The Labute approximate surface area is 150 Å². The second-order valence-electron chi connectivity index (χ2n) is 2.90. The fourth-order valence-corrected chi connectivity index (χ4v) is 3.38. The molecule has 0 atom stereocenters. The molecule has 0 radical (unpaired) electrons. The summed E-state index contributed by atoms with van der Waals surface area (Å²) in [5, 5.41) is 11.0. The van der Waals surface area contributed by atoms with Crippen molar-refractivity contribution in [3.8, 4) is 0 Å². The van der Waals surface area contributed by atoms with Crippen LogP contribution in [0.4, 0.5) is 0 Å². The van der Waals surface area contributed by atoms with Crippen LogP contribution in [0.2, 0.25) is 0 Å². The molecule has 1 aliphatic rings. The minimum atomic E-state index is -1.50. The lowest BCUT2D eigenvalue weighted by Gasteiger charge is -2.37. The Kier molecular flexibility index (Phi) is 15.5. The van der Waals surface area contributed by atoms with E-state index in [1.54, 1.807) is 0 Å². The van der Waals surface area contributed by atoms with Gasteiger partial charge in [0.05, 0.1) is 32.3 Å². The highest BCUT2D eigenvalue weighted by atomic mass is 35.5. The van der Waals surface area contributed by atoms with Crippen LogP contribution in [0.5, 0.6) is 0 Å². The summed E-state index contributed by atoms with van der Waals surface area (Å²) >= 11 is 35.3. The SMILES string of the molecule is Cl[C@H]1[C@H](Cl)[C@@H](Cl)[C@@H](Cl)[C@H](Cl)[C@H]1Cl.O.O=[N+]([O-])O.[MgH2]. The first-order valence-corrected chi connectivity index (χ1v) is 6.49. The molecule has 0 unspecified atom stereocenters. The summed E-state index contributed by atoms with van der Waals surface area (Å²) in [4.78, 5) is 8.36. The van der Waals surface area contributed by atoms with E-state index in [-0.39, 0.29) is 28.5 Å². The van der Waals surface area contributed by atoms with Crippen molar-refractivity contribution in [1.29, 1.82) is 0 Å². The largest absolute Gasteiger partial charge is 0.412 e. The summed E-state index contributed by atoms with van der Waals surface area (Å²) in [5.41, 5.74) is 0. The Morgan fingerprint density at radius 1 is 0.778 bits per heavy atom. The van der Waals surface area contributed by atoms with E-state index in [2.05, 4.69) is 0 Å². The van der Waals surface area contributed by atoms with Crippen LogP contribution >= 0.6 is 69.6 Å². The van der Waals surface area contributed by atoms with Crippen molar-refractivity contribution in [3.63, 3.8) is 0 Å². The van der Waals surface area contributed by atoms with Gasteiger partial charge in [-0.15, -0.1) is 79.7 Å². The summed E-state index contributed by atoms with van der Waals surface area (Å²) in [6, 6.07) is 0. The standard InChI is InChI=1S/C6H6Cl6.Mg.HNO3.H2O.2H/c7-1-2(8)4(10)6(12)5(11)3(1)9;;2-1(3)4;;;/h1-6H;;(H,2,3,4);1H2;;/t1-,2-,3-,4+,5+,6+;;;;;. The maximum absolute atomic E-state index is 8.36. The minimum Gasteiger partial charge on any atom is -0.412 e. The normalized spacial score (nSPS) is 38.3. The maximum atomic E-state index is 8.36. The molecule has 0 bridgehead atoms. The van der Waals surface area contributed by atoms with Crippen LogP contribution in [0.1, 0.15) is 0 Å². The molecule has 12 heteroatoms. The lowest BCUT2D eigenvalue weighted by molar-refractivity contribution is -0.742. The lowest BCUT2D eigenvalue weighted by atomic mass is 9.97. The van der Waals surface area contributed by atoms with Gasteiger partial charge >= 0.3 is 23.1 Å². The van der Waals surface area contributed by atoms with Crippen LogP contribution < -0.4 is 0 Å². The Hall–Kier alpha value is 1.67. The fourth-order valence-electron chi connectivity index (χ4n) is 1.05. The summed E-state index contributed by atoms with van der Waals surface area (Å²) in [6.07, 6.45) is 0. The molecule has 0 aromatic rings. The molecule has 0 heterocycles. The third-order valence-electron chi connectivity index (χ3n) is 1.83. The minimum absolute atomic E-state index is 0. The van der Waals surface area contributed by atoms with E-state index >= 15 is 0 Å². The lowest BCUT2D eigenvalue weighted by Crippen LogP contribution is -2.52. The number of hydrogen-bond donors (Lipinski definition) is 1. The van der Waals surface area contributed by atoms with Crippen molar-refractivity contribution in [2.45, 2.75) is 32.3 Å². The molecule has 18 heavy (non-hydrogen) atoms. The van der Waals surface area contributed by atoms with Gasteiger partial charge in [-0.25, -0.2) is 0 Å². The van der Waals surface area contributed by atoms with Gasteiger partial charge in [0.1, 0.15) is 0 Å². The van der Waals surface area contributed by atoms with Crippen LogP contribution in [-0.4, -0.2) is 71.1 Å². The highest BCUT2D eigenvalue weighted by molar-refractivity contribution is 6.45. The molecule has 1 saturated carbocycles. The summed E-state index contributed by atoms with van der Waals surface area (Å²) in [5.74, 6) is 0. The zero-order valence-corrected chi connectivity index (χ0v) is 12.5. The van der Waals surface area contributed by atoms with Crippen LogP contribution in [0, 0.1) is 10.1 Å². The molecule has 0 amide bonds. The molecular weight excluding hydrogens is 387 g/mol. The molecular formula is C6H11Cl6MgNO4. The van der Waals surface area contributed by atoms with Gasteiger partial charge in [-0.05, 0) is 0 Å². The van der Waals surface area contributed by atoms with Crippen molar-refractivity contribution in [1.82, 2.24) is 0 Å². The third-order valence-corrected chi connectivity index (χ3v) is 5.86. The Morgan fingerprint density at radius 2 is 0.833 bits per heavy atom. The average molecular weight is 398 g/mol. The number of hydrogen-bond acceptors (Lipinski definition) is 2. The van der Waals surface area contributed by atoms with Crippen LogP contribution in [-0.2, 0) is 0 Å². The molecule has 0 aromatic heterocycles. The van der Waals surface area contributed by atoms with E-state index in [0.29, 0.717) is 0 Å². The number of nitrogens with zero attached hydrogens (tertiary/aromatic N) is 1. The highest BCUT2D eigenvalue weighted by Gasteiger charge is 2.46. The molecule has 108 valence electrons. The third kappa shape index (κ3) is 7.45. The monoisotopic (exact) mass is 395 g/mol. The Morgan fingerprint density at radius 3 is 0.889 bits per heavy atom. The second kappa shape index (κ2) is 11.3. The first-order valence-electron chi connectivity index (χ1n) is 3.87. The highest BCUT2D eigenvalue weighted by Crippen LogP contribution is 2.39. The number of alkyl halides is 6. The van der Waals surface area contributed by atoms with Crippen LogP contribution in [0.25, 0.3) is 0 Å². The van der Waals surface area contributed by atoms with Gasteiger partial charge in [-0.1, -0.05) is 0 Å². The first kappa shape index (κ1) is 24.7. The van der Waals surface area contributed by atoms with E-state index in [9.17, 15) is 0 Å². The summed E-state index contributed by atoms with van der Waals surface area (Å²) in [6.45, 7) is 0. The quantitative estimate of drug-likeness (QED) is 0.290. The predicted molar refractivity (Wildman–Crippen MR) is 78.8 cm³/mol. The topological polar surface area (TPSA) is 94.9 Å². The Bertz CT molecular complexity index is 190. The molecule has 1 aliphatic carbocycles. The van der Waals surface area contributed by atoms with E-state index in [4.69, 9.17) is 84.9 Å².